The summed E-state index contributed by atoms with van der Waals surface area (Å²) in [6, 6.07) is 7.28. The number of hydrogen-bond donors (Lipinski definition) is 0. The van der Waals surface area contributed by atoms with Crippen LogP contribution in [0, 0.1) is 0 Å². The molecule has 0 saturated carbocycles. The van der Waals surface area contributed by atoms with Gasteiger partial charge in [0.1, 0.15) is 5.75 Å². The predicted molar refractivity (Wildman–Crippen MR) is 98.0 cm³/mol. The predicted octanol–water partition coefficient (Wildman–Crippen LogP) is 2.17. The normalized spacial score (nSPS) is 15.2. The fourth-order valence-corrected chi connectivity index (χ4v) is 3.13. The van der Waals surface area contributed by atoms with E-state index in [1.54, 1.807) is 7.11 Å². The van der Waals surface area contributed by atoms with Gasteiger partial charge in [0.25, 0.3) is 5.91 Å². The van der Waals surface area contributed by atoms with Gasteiger partial charge < -0.3 is 9.64 Å². The summed E-state index contributed by atoms with van der Waals surface area (Å²) in [4.78, 5) is 25.4. The number of benzene rings is 1. The van der Waals surface area contributed by atoms with E-state index in [0.717, 1.165) is 49.2 Å². The van der Waals surface area contributed by atoms with Crippen molar-refractivity contribution in [3.8, 4) is 5.75 Å². The van der Waals surface area contributed by atoms with Gasteiger partial charge in [-0.05, 0) is 30.5 Å². The quantitative estimate of drug-likeness (QED) is 0.603. The molecule has 0 atom stereocenters. The summed E-state index contributed by atoms with van der Waals surface area (Å²) in [6.45, 7) is 3.99. The Kier molecular flexibility index (Phi) is 5.88. The third-order valence-electron chi connectivity index (χ3n) is 4.27. The highest BCUT2D eigenvalue weighted by Gasteiger charge is 2.22. The van der Waals surface area contributed by atoms with Crippen LogP contribution in [0.25, 0.3) is 0 Å². The lowest BCUT2D eigenvalue weighted by Gasteiger charge is -2.34. The van der Waals surface area contributed by atoms with Crippen LogP contribution < -0.4 is 4.74 Å². The van der Waals surface area contributed by atoms with Crippen LogP contribution in [0.4, 0.5) is 0 Å². The van der Waals surface area contributed by atoms with Crippen molar-refractivity contribution in [3.05, 3.63) is 47.8 Å². The van der Waals surface area contributed by atoms with E-state index in [2.05, 4.69) is 14.9 Å². The zero-order chi connectivity index (χ0) is 17.6. The van der Waals surface area contributed by atoms with E-state index in [1.165, 1.54) is 11.8 Å². The molecule has 1 aliphatic heterocycles. The zero-order valence-electron chi connectivity index (χ0n) is 14.5. The molecule has 1 aromatic carbocycles. The van der Waals surface area contributed by atoms with E-state index >= 15 is 0 Å². The molecule has 1 saturated heterocycles. The van der Waals surface area contributed by atoms with E-state index < -0.39 is 0 Å². The van der Waals surface area contributed by atoms with Crippen LogP contribution in [0.5, 0.6) is 5.75 Å². The molecule has 0 N–H and O–H groups in total. The van der Waals surface area contributed by atoms with Crippen molar-refractivity contribution < 1.29 is 9.53 Å². The monoisotopic (exact) mass is 358 g/mol. The number of nitrogens with zero attached hydrogens (tertiary/aromatic N) is 4. The summed E-state index contributed by atoms with van der Waals surface area (Å²) in [6.07, 6.45) is 5.73. The van der Waals surface area contributed by atoms with Crippen LogP contribution in [0.1, 0.15) is 15.9 Å². The van der Waals surface area contributed by atoms with Crippen molar-refractivity contribution in [1.82, 2.24) is 19.8 Å². The van der Waals surface area contributed by atoms with Crippen LogP contribution in [0.3, 0.4) is 0 Å². The number of thioether (sulfide) groups is 1. The number of piperazine rings is 1. The molecule has 1 amide bonds. The van der Waals surface area contributed by atoms with Gasteiger partial charge in [-0.25, -0.2) is 9.97 Å². The van der Waals surface area contributed by atoms with Crippen molar-refractivity contribution in [1.29, 1.82) is 0 Å². The van der Waals surface area contributed by atoms with Crippen LogP contribution in [0.2, 0.25) is 0 Å². The molecular formula is C18H22N4O2S. The van der Waals surface area contributed by atoms with E-state index in [1.807, 2.05) is 47.8 Å². The summed E-state index contributed by atoms with van der Waals surface area (Å²) in [5, 5.41) is 0.790. The molecule has 0 radical (unpaired) electrons. The Morgan fingerprint density at radius 2 is 1.76 bits per heavy atom. The van der Waals surface area contributed by atoms with Gasteiger partial charge in [0, 0.05) is 56.2 Å². The summed E-state index contributed by atoms with van der Waals surface area (Å²) in [7, 11) is 1.62. The lowest BCUT2D eigenvalue weighted by atomic mass is 10.1. The highest BCUT2D eigenvalue weighted by molar-refractivity contribution is 7.98. The highest BCUT2D eigenvalue weighted by atomic mass is 32.2. The average molecular weight is 358 g/mol. The molecule has 0 bridgehead atoms. The van der Waals surface area contributed by atoms with Crippen LogP contribution in [-0.2, 0) is 6.54 Å². The van der Waals surface area contributed by atoms with E-state index in [9.17, 15) is 4.79 Å². The maximum absolute atomic E-state index is 12.6. The third kappa shape index (κ3) is 4.49. The number of rotatable bonds is 5. The van der Waals surface area contributed by atoms with Gasteiger partial charge in [0.05, 0.1) is 7.11 Å². The first kappa shape index (κ1) is 17.7. The Hall–Kier alpha value is -2.12. The highest BCUT2D eigenvalue weighted by Crippen LogP contribution is 2.15. The van der Waals surface area contributed by atoms with Gasteiger partial charge in [-0.2, -0.15) is 0 Å². The van der Waals surface area contributed by atoms with E-state index in [4.69, 9.17) is 4.74 Å². The van der Waals surface area contributed by atoms with Gasteiger partial charge >= 0.3 is 0 Å². The molecular weight excluding hydrogens is 336 g/mol. The second-order valence-corrected chi connectivity index (χ2v) is 6.65. The molecule has 2 heterocycles. The summed E-state index contributed by atoms with van der Waals surface area (Å²) >= 11 is 1.54. The Morgan fingerprint density at radius 3 is 2.32 bits per heavy atom. The zero-order valence-corrected chi connectivity index (χ0v) is 15.3. The molecule has 0 aliphatic carbocycles. The summed E-state index contributed by atoms with van der Waals surface area (Å²) < 4.78 is 5.14. The minimum Gasteiger partial charge on any atom is -0.497 e. The minimum atomic E-state index is 0.0787. The fraction of sp³-hybridized carbons (Fsp3) is 0.389. The van der Waals surface area contributed by atoms with Crippen molar-refractivity contribution in [2.24, 2.45) is 0 Å². The molecule has 6 nitrogen and oxygen atoms in total. The molecule has 7 heteroatoms. The van der Waals surface area contributed by atoms with Gasteiger partial charge in [-0.15, -0.1) is 0 Å². The second kappa shape index (κ2) is 8.31. The van der Waals surface area contributed by atoms with Crippen molar-refractivity contribution in [3.63, 3.8) is 0 Å². The number of carbonyl (C=O) groups is 1. The maximum Gasteiger partial charge on any atom is 0.253 e. The van der Waals surface area contributed by atoms with Crippen molar-refractivity contribution in [2.75, 3.05) is 39.5 Å². The molecule has 1 fully saturated rings. The molecule has 0 spiro atoms. The van der Waals surface area contributed by atoms with Crippen molar-refractivity contribution in [2.45, 2.75) is 11.7 Å². The average Bonchev–Trinajstić information content (AvgIpc) is 2.69. The Morgan fingerprint density at radius 1 is 1.12 bits per heavy atom. The minimum absolute atomic E-state index is 0.0787. The number of hydrogen-bond acceptors (Lipinski definition) is 6. The molecule has 1 aromatic heterocycles. The molecule has 2 aromatic rings. The Labute approximate surface area is 152 Å². The van der Waals surface area contributed by atoms with E-state index in [-0.39, 0.29) is 5.91 Å². The van der Waals surface area contributed by atoms with Crippen LogP contribution >= 0.6 is 11.8 Å². The topological polar surface area (TPSA) is 58.6 Å². The first-order valence-electron chi connectivity index (χ1n) is 8.20. The number of ether oxygens (including phenoxy) is 1. The first-order chi connectivity index (χ1) is 12.2. The lowest BCUT2D eigenvalue weighted by molar-refractivity contribution is 0.0628. The number of amides is 1. The van der Waals surface area contributed by atoms with Gasteiger partial charge in [-0.3, -0.25) is 9.69 Å². The lowest BCUT2D eigenvalue weighted by Crippen LogP contribution is -2.48. The molecule has 0 unspecified atom stereocenters. The van der Waals surface area contributed by atoms with Gasteiger partial charge in [-0.1, -0.05) is 11.8 Å². The number of carbonyl (C=O) groups excluding carboxylic acids is 1. The smallest absolute Gasteiger partial charge is 0.253 e. The fourth-order valence-electron chi connectivity index (χ4n) is 2.81. The summed E-state index contributed by atoms with van der Waals surface area (Å²) in [5.41, 5.74) is 1.81. The van der Waals surface area contributed by atoms with Crippen LogP contribution in [0.15, 0.2) is 41.8 Å². The molecule has 1 aliphatic rings. The summed E-state index contributed by atoms with van der Waals surface area (Å²) in [5.74, 6) is 0.839. The second-order valence-electron chi connectivity index (χ2n) is 5.87. The van der Waals surface area contributed by atoms with E-state index in [0.29, 0.717) is 5.56 Å². The van der Waals surface area contributed by atoms with Crippen LogP contribution in [-0.4, -0.2) is 65.2 Å². The SMILES string of the molecule is COc1ccc(C(=O)N2CCN(Cc3cnc(SC)nc3)CC2)cc1. The van der Waals surface area contributed by atoms with Gasteiger partial charge in [0.15, 0.2) is 5.16 Å². The molecule has 132 valence electrons. The van der Waals surface area contributed by atoms with Gasteiger partial charge in [0.2, 0.25) is 0 Å². The first-order valence-corrected chi connectivity index (χ1v) is 9.42. The Bertz CT molecular complexity index is 698. The number of aromatic nitrogens is 2. The third-order valence-corrected chi connectivity index (χ3v) is 4.84. The van der Waals surface area contributed by atoms with Crippen molar-refractivity contribution >= 4 is 17.7 Å². The molecule has 3 rings (SSSR count). The number of methoxy groups -OCH3 is 1. The largest absolute Gasteiger partial charge is 0.497 e. The molecule has 25 heavy (non-hydrogen) atoms. The standard InChI is InChI=1S/C18H22N4O2S/c1-24-16-5-3-15(4-6-16)17(23)22-9-7-21(8-10-22)13-14-11-19-18(25-2)20-12-14/h3-6,11-12H,7-10,13H2,1-2H3. The Balaban J connectivity index is 1.52. The maximum atomic E-state index is 12.6.